The lowest BCUT2D eigenvalue weighted by atomic mass is 9.87. The van der Waals surface area contributed by atoms with Crippen molar-refractivity contribution in [2.75, 3.05) is 19.7 Å². The lowest BCUT2D eigenvalue weighted by Crippen LogP contribution is -2.46. The van der Waals surface area contributed by atoms with Crippen molar-refractivity contribution in [2.45, 2.75) is 39.2 Å². The number of hydrogen-bond acceptors (Lipinski definition) is 7. The van der Waals surface area contributed by atoms with Crippen molar-refractivity contribution in [2.24, 2.45) is 5.41 Å². The molecule has 0 radical (unpaired) electrons. The number of hydrogen-bond donors (Lipinski definition) is 4. The van der Waals surface area contributed by atoms with Crippen molar-refractivity contribution >= 4 is 23.3 Å². The molecule has 160 valence electrons. The van der Waals surface area contributed by atoms with Gasteiger partial charge in [0.25, 0.3) is 5.69 Å². The number of aliphatic hydroxyl groups excluding tert-OH is 2. The van der Waals surface area contributed by atoms with E-state index in [1.807, 2.05) is 0 Å². The van der Waals surface area contributed by atoms with Gasteiger partial charge in [-0.2, -0.15) is 0 Å². The van der Waals surface area contributed by atoms with E-state index >= 15 is 0 Å². The lowest BCUT2D eigenvalue weighted by molar-refractivity contribution is -0.385. The fourth-order valence-electron chi connectivity index (χ4n) is 2.41. The first-order valence-electron chi connectivity index (χ1n) is 9.20. The van der Waals surface area contributed by atoms with Gasteiger partial charge in [0, 0.05) is 37.4 Å². The average Bonchev–Trinajstić information content (AvgIpc) is 2.70. The molecular formula is C19H27N3O7. The molecule has 0 saturated carbocycles. The van der Waals surface area contributed by atoms with Crippen LogP contribution >= 0.6 is 0 Å². The Labute approximate surface area is 168 Å². The van der Waals surface area contributed by atoms with Gasteiger partial charge >= 0.3 is 0 Å². The molecule has 0 heterocycles. The minimum Gasteiger partial charge on any atom is -0.396 e. The number of aliphatic hydroxyl groups is 2. The van der Waals surface area contributed by atoms with E-state index in [1.54, 1.807) is 6.07 Å². The van der Waals surface area contributed by atoms with Crippen LogP contribution in [-0.4, -0.2) is 58.5 Å². The Bertz CT molecular complexity index is 749. The molecule has 29 heavy (non-hydrogen) atoms. The molecule has 0 unspecified atom stereocenters. The predicted molar refractivity (Wildman–Crippen MR) is 104 cm³/mol. The molecule has 0 aliphatic heterocycles. The number of Topliss-reactive ketones (excluding diaryl/α,β-unsaturated/α-hetero) is 1. The van der Waals surface area contributed by atoms with E-state index in [-0.39, 0.29) is 55.5 Å². The normalized spacial score (nSPS) is 12.1. The lowest BCUT2D eigenvalue weighted by Gasteiger charge is -2.27. The number of para-hydroxylation sites is 1. The van der Waals surface area contributed by atoms with Crippen LogP contribution in [-0.2, 0) is 9.59 Å². The molecule has 1 atom stereocenters. The molecule has 1 aromatic rings. The predicted octanol–water partition coefficient (Wildman–Crippen LogP) is 0.560. The highest BCUT2D eigenvalue weighted by atomic mass is 16.6. The summed E-state index contributed by atoms with van der Waals surface area (Å²) in [4.78, 5) is 46.0. The maximum absolute atomic E-state index is 12.1. The molecule has 0 aliphatic rings. The van der Waals surface area contributed by atoms with E-state index in [1.165, 1.54) is 32.0 Å². The van der Waals surface area contributed by atoms with Gasteiger partial charge in [-0.05, 0) is 12.5 Å². The minimum atomic E-state index is -1.40. The first-order valence-corrected chi connectivity index (χ1v) is 9.20. The summed E-state index contributed by atoms with van der Waals surface area (Å²) >= 11 is 0. The van der Waals surface area contributed by atoms with E-state index in [9.17, 15) is 29.6 Å². The van der Waals surface area contributed by atoms with Crippen LogP contribution in [0.25, 0.3) is 0 Å². The van der Waals surface area contributed by atoms with Gasteiger partial charge < -0.3 is 20.8 Å². The molecule has 0 spiro atoms. The third-order valence-electron chi connectivity index (χ3n) is 4.35. The monoisotopic (exact) mass is 409 g/mol. The SMILES string of the molecule is CC(C)(CO)[C@@H](O)C(=O)NCCC(=O)NCCCC(=O)c1ccccc1[N+](=O)[O-]. The Hall–Kier alpha value is -2.85. The van der Waals surface area contributed by atoms with Gasteiger partial charge in [0.2, 0.25) is 11.8 Å². The number of nitrogens with zero attached hydrogens (tertiary/aromatic N) is 1. The smallest absolute Gasteiger partial charge is 0.280 e. The Morgan fingerprint density at radius 1 is 1.14 bits per heavy atom. The fraction of sp³-hybridized carbons (Fsp3) is 0.526. The molecule has 1 rings (SSSR count). The van der Waals surface area contributed by atoms with Crippen LogP contribution in [0.5, 0.6) is 0 Å². The van der Waals surface area contributed by atoms with Crippen molar-refractivity contribution < 1.29 is 29.5 Å². The molecule has 1 aromatic carbocycles. The van der Waals surface area contributed by atoms with Gasteiger partial charge in [-0.1, -0.05) is 26.0 Å². The molecule has 10 heteroatoms. The number of nitro groups is 1. The number of benzene rings is 1. The van der Waals surface area contributed by atoms with Gasteiger partial charge in [0.1, 0.15) is 6.10 Å². The number of ketones is 1. The van der Waals surface area contributed by atoms with Crippen molar-refractivity contribution in [3.05, 3.63) is 39.9 Å². The molecule has 4 N–H and O–H groups in total. The second-order valence-corrected chi connectivity index (χ2v) is 7.24. The maximum atomic E-state index is 12.1. The van der Waals surface area contributed by atoms with Crippen LogP contribution in [0.4, 0.5) is 5.69 Å². The van der Waals surface area contributed by atoms with Gasteiger partial charge in [-0.25, -0.2) is 0 Å². The second-order valence-electron chi connectivity index (χ2n) is 7.24. The Morgan fingerprint density at radius 3 is 2.41 bits per heavy atom. The molecule has 0 saturated heterocycles. The topological polar surface area (TPSA) is 159 Å². The summed E-state index contributed by atoms with van der Waals surface area (Å²) in [6, 6.07) is 5.70. The summed E-state index contributed by atoms with van der Waals surface area (Å²) in [5, 5.41) is 34.9. The van der Waals surface area contributed by atoms with Crippen molar-refractivity contribution in [3.8, 4) is 0 Å². The number of nitrogens with one attached hydrogen (secondary N) is 2. The highest BCUT2D eigenvalue weighted by molar-refractivity contribution is 5.99. The molecule has 0 aliphatic carbocycles. The Kier molecular flexibility index (Phi) is 9.36. The first-order chi connectivity index (χ1) is 13.6. The minimum absolute atomic E-state index is 0.0123. The molecule has 10 nitrogen and oxygen atoms in total. The first kappa shape index (κ1) is 24.2. The molecule has 0 aromatic heterocycles. The number of rotatable bonds is 12. The molecular weight excluding hydrogens is 382 g/mol. The number of carbonyl (C=O) groups is 3. The summed E-state index contributed by atoms with van der Waals surface area (Å²) < 4.78 is 0. The van der Waals surface area contributed by atoms with Crippen molar-refractivity contribution in [3.63, 3.8) is 0 Å². The van der Waals surface area contributed by atoms with E-state index in [0.29, 0.717) is 6.42 Å². The number of carbonyl (C=O) groups excluding carboxylic acids is 3. The van der Waals surface area contributed by atoms with Gasteiger partial charge in [0.05, 0.1) is 17.1 Å². The zero-order valence-electron chi connectivity index (χ0n) is 16.5. The zero-order valence-corrected chi connectivity index (χ0v) is 16.5. The fourth-order valence-corrected chi connectivity index (χ4v) is 2.41. The largest absolute Gasteiger partial charge is 0.396 e. The second kappa shape index (κ2) is 11.2. The molecule has 0 fully saturated rings. The maximum Gasteiger partial charge on any atom is 0.280 e. The Morgan fingerprint density at radius 2 is 1.79 bits per heavy atom. The Balaban J connectivity index is 2.30. The quantitative estimate of drug-likeness (QED) is 0.170. The summed E-state index contributed by atoms with van der Waals surface area (Å²) in [5.41, 5.74) is -1.20. The van der Waals surface area contributed by atoms with Crippen LogP contribution in [0, 0.1) is 15.5 Å². The molecule has 2 amide bonds. The number of amides is 2. The van der Waals surface area contributed by atoms with Crippen LogP contribution in [0.15, 0.2) is 24.3 Å². The van der Waals surface area contributed by atoms with Crippen LogP contribution in [0.1, 0.15) is 43.5 Å². The van der Waals surface area contributed by atoms with E-state index in [4.69, 9.17) is 5.11 Å². The van der Waals surface area contributed by atoms with Gasteiger partial charge in [-0.3, -0.25) is 24.5 Å². The van der Waals surface area contributed by atoms with Gasteiger partial charge in [0.15, 0.2) is 5.78 Å². The average molecular weight is 409 g/mol. The summed E-state index contributed by atoms with van der Waals surface area (Å²) in [5.74, 6) is -1.40. The van der Waals surface area contributed by atoms with E-state index < -0.39 is 22.3 Å². The zero-order chi connectivity index (χ0) is 22.0. The van der Waals surface area contributed by atoms with E-state index in [0.717, 1.165) is 0 Å². The van der Waals surface area contributed by atoms with Gasteiger partial charge in [-0.15, -0.1) is 0 Å². The summed E-state index contributed by atoms with van der Waals surface area (Å²) in [7, 11) is 0. The summed E-state index contributed by atoms with van der Waals surface area (Å²) in [6.07, 6.45) is -1.06. The van der Waals surface area contributed by atoms with Crippen LogP contribution in [0.3, 0.4) is 0 Å². The third-order valence-corrected chi connectivity index (χ3v) is 4.35. The van der Waals surface area contributed by atoms with Crippen LogP contribution < -0.4 is 10.6 Å². The van der Waals surface area contributed by atoms with E-state index in [2.05, 4.69) is 10.6 Å². The molecule has 0 bridgehead atoms. The van der Waals surface area contributed by atoms with Crippen molar-refractivity contribution in [1.82, 2.24) is 10.6 Å². The summed E-state index contributed by atoms with van der Waals surface area (Å²) in [6.45, 7) is 2.93. The standard InChI is InChI=1S/C19H27N3O7/c1-19(2,12-23)17(26)18(27)21-11-9-16(25)20-10-5-8-15(24)13-6-3-4-7-14(13)22(28)29/h3-4,6-7,17,23,26H,5,8-12H2,1-2H3,(H,20,25)(H,21,27)/t17-/m0/s1. The number of nitro benzene ring substituents is 1. The van der Waals surface area contributed by atoms with Crippen LogP contribution in [0.2, 0.25) is 0 Å². The highest BCUT2D eigenvalue weighted by Gasteiger charge is 2.32. The van der Waals surface area contributed by atoms with Crippen molar-refractivity contribution in [1.29, 1.82) is 0 Å². The highest BCUT2D eigenvalue weighted by Crippen LogP contribution is 2.20. The third kappa shape index (κ3) is 7.59.